The molecule has 5 rings (SSSR count). The molecule has 0 fully saturated rings. The van der Waals surface area contributed by atoms with Gasteiger partial charge in [-0.05, 0) is 43.4 Å². The molecule has 3 aliphatic heterocycles. The van der Waals surface area contributed by atoms with E-state index in [1.807, 2.05) is 44.2 Å². The predicted molar refractivity (Wildman–Crippen MR) is 132 cm³/mol. The minimum Gasteiger partial charge on any atom is -0.491 e. The normalized spacial score (nSPS) is 20.0. The number of anilines is 1. The van der Waals surface area contributed by atoms with Crippen LogP contribution in [0.15, 0.2) is 36.4 Å². The SMILES string of the molecule is CC(C)(C)CC(C)(C)NC(=O)NCCN1C(=O)C2(COc3cc4c(cc32)OCO4)c2ccccc21. The molecule has 1 unspecified atom stereocenters. The van der Waals surface area contributed by atoms with Crippen LogP contribution in [0.1, 0.15) is 52.2 Å². The molecule has 3 heterocycles. The van der Waals surface area contributed by atoms with E-state index < -0.39 is 5.41 Å². The maximum absolute atomic E-state index is 14.0. The van der Waals surface area contributed by atoms with Gasteiger partial charge in [-0.25, -0.2) is 4.79 Å². The van der Waals surface area contributed by atoms with Crippen LogP contribution in [-0.2, 0) is 10.2 Å². The summed E-state index contributed by atoms with van der Waals surface area (Å²) in [6.45, 7) is 11.5. The van der Waals surface area contributed by atoms with Crippen LogP contribution in [0.2, 0.25) is 0 Å². The molecule has 3 amide bonds. The zero-order valence-corrected chi connectivity index (χ0v) is 21.0. The van der Waals surface area contributed by atoms with Gasteiger partial charge < -0.3 is 29.7 Å². The third-order valence-electron chi connectivity index (χ3n) is 6.69. The Morgan fingerprint density at radius 3 is 2.46 bits per heavy atom. The summed E-state index contributed by atoms with van der Waals surface area (Å²) in [5.41, 5.74) is 1.33. The zero-order valence-electron chi connectivity index (χ0n) is 21.0. The molecule has 0 aromatic heterocycles. The Balaban J connectivity index is 1.33. The van der Waals surface area contributed by atoms with Gasteiger partial charge in [0.25, 0.3) is 0 Å². The van der Waals surface area contributed by atoms with Crippen molar-refractivity contribution in [3.8, 4) is 17.2 Å². The second kappa shape index (κ2) is 8.07. The van der Waals surface area contributed by atoms with Crippen molar-refractivity contribution in [3.63, 3.8) is 0 Å². The number of benzene rings is 2. The molecule has 3 aliphatic rings. The number of ether oxygens (including phenoxy) is 3. The smallest absolute Gasteiger partial charge is 0.315 e. The number of fused-ring (bicyclic) bond motifs is 5. The van der Waals surface area contributed by atoms with E-state index in [9.17, 15) is 9.59 Å². The molecule has 8 nitrogen and oxygen atoms in total. The van der Waals surface area contributed by atoms with Gasteiger partial charge in [0.05, 0.1) is 0 Å². The van der Waals surface area contributed by atoms with Crippen LogP contribution in [0, 0.1) is 5.41 Å². The lowest BCUT2D eigenvalue weighted by molar-refractivity contribution is -0.122. The van der Waals surface area contributed by atoms with E-state index in [2.05, 4.69) is 31.4 Å². The summed E-state index contributed by atoms with van der Waals surface area (Å²) in [6, 6.07) is 11.2. The average Bonchev–Trinajstić information content (AvgIpc) is 3.42. The summed E-state index contributed by atoms with van der Waals surface area (Å²) in [7, 11) is 0. The summed E-state index contributed by atoms with van der Waals surface area (Å²) < 4.78 is 17.1. The Kier molecular flexibility index (Phi) is 5.38. The fourth-order valence-electron chi connectivity index (χ4n) is 5.79. The van der Waals surface area contributed by atoms with Gasteiger partial charge in [0, 0.05) is 35.9 Å². The first kappa shape index (κ1) is 23.3. The van der Waals surface area contributed by atoms with E-state index >= 15 is 0 Å². The number of carbonyl (C=O) groups is 2. The van der Waals surface area contributed by atoms with E-state index in [1.54, 1.807) is 11.0 Å². The molecule has 0 aliphatic carbocycles. The Labute approximate surface area is 205 Å². The monoisotopic (exact) mass is 479 g/mol. The quantitative estimate of drug-likeness (QED) is 0.678. The van der Waals surface area contributed by atoms with Gasteiger partial charge in [0.15, 0.2) is 11.5 Å². The van der Waals surface area contributed by atoms with Gasteiger partial charge in [0.1, 0.15) is 17.8 Å². The van der Waals surface area contributed by atoms with Gasteiger partial charge >= 0.3 is 6.03 Å². The van der Waals surface area contributed by atoms with Gasteiger partial charge in [-0.2, -0.15) is 0 Å². The summed E-state index contributed by atoms with van der Waals surface area (Å²) in [5.74, 6) is 1.82. The summed E-state index contributed by atoms with van der Waals surface area (Å²) in [6.07, 6.45) is 0.839. The van der Waals surface area contributed by atoms with Crippen LogP contribution < -0.4 is 29.7 Å². The predicted octanol–water partition coefficient (Wildman–Crippen LogP) is 3.95. The van der Waals surface area contributed by atoms with Crippen LogP contribution >= 0.6 is 0 Å². The highest BCUT2D eigenvalue weighted by Gasteiger charge is 2.57. The number of nitrogens with zero attached hydrogens (tertiary/aromatic N) is 1. The highest BCUT2D eigenvalue weighted by atomic mass is 16.7. The van der Waals surface area contributed by atoms with Crippen LogP contribution in [0.4, 0.5) is 10.5 Å². The van der Waals surface area contributed by atoms with Crippen LogP contribution in [-0.4, -0.2) is 44.0 Å². The molecule has 1 spiro atoms. The first-order valence-electron chi connectivity index (χ1n) is 12.0. The Bertz CT molecular complexity index is 1190. The number of para-hydroxylation sites is 1. The van der Waals surface area contributed by atoms with Crippen molar-refractivity contribution in [3.05, 3.63) is 47.5 Å². The molecule has 2 aromatic rings. The van der Waals surface area contributed by atoms with Crippen LogP contribution in [0.3, 0.4) is 0 Å². The zero-order chi connectivity index (χ0) is 25.0. The Morgan fingerprint density at radius 2 is 1.71 bits per heavy atom. The number of hydrogen-bond acceptors (Lipinski definition) is 5. The molecule has 35 heavy (non-hydrogen) atoms. The lowest BCUT2D eigenvalue weighted by Gasteiger charge is -2.33. The lowest BCUT2D eigenvalue weighted by Crippen LogP contribution is -2.51. The van der Waals surface area contributed by atoms with E-state index in [-0.39, 0.29) is 36.3 Å². The van der Waals surface area contributed by atoms with Gasteiger partial charge in [-0.15, -0.1) is 0 Å². The highest BCUT2D eigenvalue weighted by Crippen LogP contribution is 2.54. The van der Waals surface area contributed by atoms with Gasteiger partial charge in [-0.3, -0.25) is 4.79 Å². The number of nitrogens with one attached hydrogen (secondary N) is 2. The topological polar surface area (TPSA) is 89.1 Å². The molecule has 0 saturated heterocycles. The number of carbonyl (C=O) groups excluding carboxylic acids is 2. The van der Waals surface area contributed by atoms with E-state index in [4.69, 9.17) is 14.2 Å². The highest BCUT2D eigenvalue weighted by molar-refractivity contribution is 6.11. The summed E-state index contributed by atoms with van der Waals surface area (Å²) in [5, 5.41) is 5.98. The van der Waals surface area contributed by atoms with Crippen molar-refractivity contribution in [1.29, 1.82) is 0 Å². The minimum atomic E-state index is -0.941. The summed E-state index contributed by atoms with van der Waals surface area (Å²) in [4.78, 5) is 28.3. The molecule has 0 bridgehead atoms. The molecular formula is C27H33N3O5. The van der Waals surface area contributed by atoms with E-state index in [0.29, 0.717) is 30.3 Å². The number of urea groups is 1. The first-order valence-corrected chi connectivity index (χ1v) is 12.0. The fourth-order valence-corrected chi connectivity index (χ4v) is 5.79. The standard InChI is InChI=1S/C27H33N3O5/c1-25(2,3)14-26(4,5)29-24(32)28-10-11-30-19-9-7-6-8-17(19)27(23(30)31)15-33-20-13-22-21(12-18(20)27)34-16-35-22/h6-9,12-13H,10-11,14-16H2,1-5H3,(H2,28,29,32). The third kappa shape index (κ3) is 4.05. The second-order valence-electron chi connectivity index (χ2n) is 11.4. The summed E-state index contributed by atoms with van der Waals surface area (Å²) >= 11 is 0. The average molecular weight is 480 g/mol. The molecule has 2 N–H and O–H groups in total. The largest absolute Gasteiger partial charge is 0.491 e. The van der Waals surface area contributed by atoms with Crippen molar-refractivity contribution in [2.45, 2.75) is 52.0 Å². The first-order chi connectivity index (χ1) is 16.5. The molecule has 2 aromatic carbocycles. The molecule has 186 valence electrons. The Hall–Kier alpha value is -3.42. The molecule has 0 radical (unpaired) electrons. The van der Waals surface area contributed by atoms with Crippen molar-refractivity contribution in [2.24, 2.45) is 5.41 Å². The van der Waals surface area contributed by atoms with Crippen molar-refractivity contribution >= 4 is 17.6 Å². The fraction of sp³-hybridized carbons (Fsp3) is 0.481. The number of hydrogen-bond donors (Lipinski definition) is 2. The molecule has 1 atom stereocenters. The number of amides is 3. The minimum absolute atomic E-state index is 0.0633. The van der Waals surface area contributed by atoms with Gasteiger partial charge in [-0.1, -0.05) is 39.0 Å². The van der Waals surface area contributed by atoms with E-state index in [0.717, 1.165) is 23.2 Å². The van der Waals surface area contributed by atoms with Crippen molar-refractivity contribution < 1.29 is 23.8 Å². The molecular weight excluding hydrogens is 446 g/mol. The third-order valence-corrected chi connectivity index (χ3v) is 6.69. The lowest BCUT2D eigenvalue weighted by atomic mass is 9.77. The molecule has 8 heteroatoms. The maximum atomic E-state index is 14.0. The Morgan fingerprint density at radius 1 is 1.00 bits per heavy atom. The van der Waals surface area contributed by atoms with Crippen molar-refractivity contribution in [1.82, 2.24) is 10.6 Å². The second-order valence-corrected chi connectivity index (χ2v) is 11.4. The van der Waals surface area contributed by atoms with Crippen LogP contribution in [0.25, 0.3) is 0 Å². The van der Waals surface area contributed by atoms with E-state index in [1.165, 1.54) is 0 Å². The van der Waals surface area contributed by atoms with Gasteiger partial charge in [0.2, 0.25) is 12.7 Å². The number of rotatable bonds is 5. The maximum Gasteiger partial charge on any atom is 0.315 e. The van der Waals surface area contributed by atoms with Crippen molar-refractivity contribution in [2.75, 3.05) is 31.4 Å². The van der Waals surface area contributed by atoms with Crippen LogP contribution in [0.5, 0.6) is 17.2 Å². The molecule has 0 saturated carbocycles.